The van der Waals surface area contributed by atoms with Crippen LogP contribution in [0.3, 0.4) is 0 Å². The van der Waals surface area contributed by atoms with Crippen LogP contribution in [-0.2, 0) is 23.4 Å². The summed E-state index contributed by atoms with van der Waals surface area (Å²) in [5, 5.41) is 10.5. The first-order valence-corrected chi connectivity index (χ1v) is 7.90. The molecule has 1 N–H and O–H groups in total. The van der Waals surface area contributed by atoms with Gasteiger partial charge >= 0.3 is 5.97 Å². The number of rotatable bonds is 6. The maximum Gasteiger partial charge on any atom is 0.309 e. The molecule has 0 bridgehead atoms. The molecule has 0 amide bonds. The Morgan fingerprint density at radius 3 is 2.63 bits per heavy atom. The summed E-state index contributed by atoms with van der Waals surface area (Å²) in [6, 6.07) is 8.57. The quantitative estimate of drug-likeness (QED) is 0.826. The smallest absolute Gasteiger partial charge is 0.309 e. The van der Waals surface area contributed by atoms with Gasteiger partial charge in [-0.2, -0.15) is 0 Å². The fourth-order valence-corrected chi connectivity index (χ4v) is 3.41. The van der Waals surface area contributed by atoms with Gasteiger partial charge < -0.3 is 5.11 Å². The zero-order chi connectivity index (χ0) is 13.7. The number of aryl methyl sites for hydroxylation is 1. The second-order valence-corrected chi connectivity index (χ2v) is 6.21. The fourth-order valence-electron chi connectivity index (χ4n) is 1.61. The van der Waals surface area contributed by atoms with E-state index in [-0.39, 0.29) is 6.42 Å². The monoisotopic (exact) mass is 293 g/mol. The summed E-state index contributed by atoms with van der Waals surface area (Å²) >= 11 is 3.16. The van der Waals surface area contributed by atoms with Gasteiger partial charge in [0.25, 0.3) is 0 Å². The standard InChI is InChI=1S/C14H15NO2S2/c1-2-10-3-5-11(6-4-10)8-18-14-15-12(9-19-14)7-13(16)17/h3-6,9H,2,7-8H2,1H3,(H,16,17). The first-order valence-electron chi connectivity index (χ1n) is 6.04. The van der Waals surface area contributed by atoms with Gasteiger partial charge in [0, 0.05) is 11.1 Å². The van der Waals surface area contributed by atoms with Crippen LogP contribution in [0, 0.1) is 0 Å². The number of carbonyl (C=O) groups is 1. The molecule has 1 heterocycles. The van der Waals surface area contributed by atoms with Crippen LogP contribution < -0.4 is 0 Å². The van der Waals surface area contributed by atoms with Crippen molar-refractivity contribution in [3.63, 3.8) is 0 Å². The molecule has 5 heteroatoms. The van der Waals surface area contributed by atoms with Crippen LogP contribution in [-0.4, -0.2) is 16.1 Å². The van der Waals surface area contributed by atoms with Crippen molar-refractivity contribution in [3.05, 3.63) is 46.5 Å². The number of carboxylic acids is 1. The molecule has 1 aromatic heterocycles. The van der Waals surface area contributed by atoms with Gasteiger partial charge in [-0.25, -0.2) is 4.98 Å². The molecule has 2 aromatic rings. The van der Waals surface area contributed by atoms with Crippen LogP contribution in [0.2, 0.25) is 0 Å². The van der Waals surface area contributed by atoms with Crippen LogP contribution in [0.15, 0.2) is 34.0 Å². The minimum Gasteiger partial charge on any atom is -0.481 e. The largest absolute Gasteiger partial charge is 0.481 e. The van der Waals surface area contributed by atoms with Crippen molar-refractivity contribution >= 4 is 29.1 Å². The highest BCUT2D eigenvalue weighted by Crippen LogP contribution is 2.26. The van der Waals surface area contributed by atoms with Crippen molar-refractivity contribution in [2.45, 2.75) is 29.9 Å². The lowest BCUT2D eigenvalue weighted by Gasteiger charge is -2.01. The van der Waals surface area contributed by atoms with E-state index in [0.717, 1.165) is 16.5 Å². The topological polar surface area (TPSA) is 50.2 Å². The van der Waals surface area contributed by atoms with Gasteiger partial charge in [0.05, 0.1) is 12.1 Å². The molecule has 0 saturated carbocycles. The summed E-state index contributed by atoms with van der Waals surface area (Å²) in [5.74, 6) is 0.0290. The first-order chi connectivity index (χ1) is 9.17. The number of nitrogens with zero attached hydrogens (tertiary/aromatic N) is 1. The average molecular weight is 293 g/mol. The Morgan fingerprint density at radius 2 is 2.00 bits per heavy atom. The molecule has 100 valence electrons. The molecule has 0 radical (unpaired) electrons. The maximum absolute atomic E-state index is 10.6. The molecule has 0 unspecified atom stereocenters. The van der Waals surface area contributed by atoms with Crippen molar-refractivity contribution in [2.75, 3.05) is 0 Å². The van der Waals surface area contributed by atoms with Crippen molar-refractivity contribution in [2.24, 2.45) is 0 Å². The van der Waals surface area contributed by atoms with Gasteiger partial charge in [0.15, 0.2) is 0 Å². The summed E-state index contributed by atoms with van der Waals surface area (Å²) in [7, 11) is 0. The van der Waals surface area contributed by atoms with Crippen LogP contribution >= 0.6 is 23.1 Å². The Kier molecular flexibility index (Phi) is 4.99. The normalized spacial score (nSPS) is 10.6. The van der Waals surface area contributed by atoms with E-state index >= 15 is 0 Å². The number of hydrogen-bond acceptors (Lipinski definition) is 4. The van der Waals surface area contributed by atoms with Gasteiger partial charge in [-0.05, 0) is 17.5 Å². The average Bonchev–Trinajstić information content (AvgIpc) is 2.84. The number of aromatic nitrogens is 1. The molecule has 19 heavy (non-hydrogen) atoms. The highest BCUT2D eigenvalue weighted by atomic mass is 32.2. The third-order valence-electron chi connectivity index (χ3n) is 2.66. The number of carboxylic acid groups (broad SMARTS) is 1. The molecule has 0 aliphatic heterocycles. The summed E-state index contributed by atoms with van der Waals surface area (Å²) in [4.78, 5) is 14.9. The van der Waals surface area contributed by atoms with Gasteiger partial charge in [-0.1, -0.05) is 43.0 Å². The van der Waals surface area contributed by atoms with Crippen molar-refractivity contribution in [1.82, 2.24) is 4.98 Å². The molecule has 0 saturated heterocycles. The van der Waals surface area contributed by atoms with E-state index in [9.17, 15) is 4.79 Å². The van der Waals surface area contributed by atoms with E-state index < -0.39 is 5.97 Å². The van der Waals surface area contributed by atoms with Gasteiger partial charge in [0.2, 0.25) is 0 Å². The molecule has 0 aliphatic carbocycles. The van der Waals surface area contributed by atoms with Crippen LogP contribution in [0.4, 0.5) is 0 Å². The third kappa shape index (κ3) is 4.36. The van der Waals surface area contributed by atoms with Crippen LogP contribution in [0.25, 0.3) is 0 Å². The molecular weight excluding hydrogens is 278 g/mol. The molecule has 2 rings (SSSR count). The van der Waals surface area contributed by atoms with E-state index in [1.54, 1.807) is 11.8 Å². The summed E-state index contributed by atoms with van der Waals surface area (Å²) in [6.07, 6.45) is 1.06. The highest BCUT2D eigenvalue weighted by Gasteiger charge is 2.06. The number of hydrogen-bond donors (Lipinski definition) is 1. The first kappa shape index (κ1) is 14.1. The van der Waals surface area contributed by atoms with E-state index in [0.29, 0.717) is 5.69 Å². The molecule has 0 fully saturated rings. The Morgan fingerprint density at radius 1 is 1.32 bits per heavy atom. The predicted octanol–water partition coefficient (Wildman–Crippen LogP) is 3.62. The lowest BCUT2D eigenvalue weighted by molar-refractivity contribution is -0.136. The van der Waals surface area contributed by atoms with Crippen molar-refractivity contribution in [3.8, 4) is 0 Å². The van der Waals surface area contributed by atoms with Crippen molar-refractivity contribution < 1.29 is 9.90 Å². The van der Waals surface area contributed by atoms with E-state index in [4.69, 9.17) is 5.11 Å². The molecule has 0 spiro atoms. The van der Waals surface area contributed by atoms with Crippen LogP contribution in [0.1, 0.15) is 23.7 Å². The highest BCUT2D eigenvalue weighted by molar-refractivity contribution is 8.00. The van der Waals surface area contributed by atoms with Crippen LogP contribution in [0.5, 0.6) is 0 Å². The summed E-state index contributed by atoms with van der Waals surface area (Å²) in [6.45, 7) is 2.14. The van der Waals surface area contributed by atoms with E-state index in [1.165, 1.54) is 22.5 Å². The van der Waals surface area contributed by atoms with Gasteiger partial charge in [-0.15, -0.1) is 11.3 Å². The Hall–Kier alpha value is -1.33. The zero-order valence-corrected chi connectivity index (χ0v) is 12.3. The molecule has 3 nitrogen and oxygen atoms in total. The minimum absolute atomic E-state index is 0.00224. The molecular formula is C14H15NO2S2. The van der Waals surface area contributed by atoms with Gasteiger partial charge in [0.1, 0.15) is 4.34 Å². The molecule has 0 aliphatic rings. The fraction of sp³-hybridized carbons (Fsp3) is 0.286. The number of benzene rings is 1. The lowest BCUT2D eigenvalue weighted by atomic mass is 10.1. The number of thioether (sulfide) groups is 1. The zero-order valence-electron chi connectivity index (χ0n) is 10.6. The Balaban J connectivity index is 1.90. The summed E-state index contributed by atoms with van der Waals surface area (Å²) in [5.41, 5.74) is 3.24. The van der Waals surface area contributed by atoms with E-state index in [1.807, 2.05) is 5.38 Å². The third-order valence-corrected chi connectivity index (χ3v) is 4.80. The number of aliphatic carboxylic acids is 1. The second kappa shape index (κ2) is 6.73. The lowest BCUT2D eigenvalue weighted by Crippen LogP contribution is -1.99. The van der Waals surface area contributed by atoms with E-state index in [2.05, 4.69) is 36.2 Å². The molecule has 1 aromatic carbocycles. The van der Waals surface area contributed by atoms with Gasteiger partial charge in [-0.3, -0.25) is 4.79 Å². The molecule has 0 atom stereocenters. The second-order valence-electron chi connectivity index (χ2n) is 4.13. The summed E-state index contributed by atoms with van der Waals surface area (Å²) < 4.78 is 0.927. The maximum atomic E-state index is 10.6. The van der Waals surface area contributed by atoms with Crippen molar-refractivity contribution in [1.29, 1.82) is 0 Å². The minimum atomic E-state index is -0.836. The Labute approximate surface area is 120 Å². The number of thiazole rings is 1. The Bertz CT molecular complexity index is 549. The SMILES string of the molecule is CCc1ccc(CSc2nc(CC(=O)O)cs2)cc1. The predicted molar refractivity (Wildman–Crippen MR) is 78.8 cm³/mol.